The molecule has 37 heavy (non-hydrogen) atoms. The number of amides is 1. The fraction of sp³-hybridized carbons (Fsp3) is 0.250. The summed E-state index contributed by atoms with van der Waals surface area (Å²) in [6.07, 6.45) is 0.965. The van der Waals surface area contributed by atoms with Crippen LogP contribution in [0, 0.1) is 0 Å². The monoisotopic (exact) mass is 534 g/mol. The summed E-state index contributed by atoms with van der Waals surface area (Å²) in [5, 5.41) is 1.21. The Balaban J connectivity index is 1.11. The minimum absolute atomic E-state index is 0.130. The van der Waals surface area contributed by atoms with Crippen molar-refractivity contribution in [2.75, 3.05) is 38.2 Å². The van der Waals surface area contributed by atoms with Gasteiger partial charge in [-0.3, -0.25) is 4.79 Å². The minimum atomic E-state index is 0.130. The third kappa shape index (κ3) is 6.58. The van der Waals surface area contributed by atoms with E-state index in [-0.39, 0.29) is 5.91 Å². The lowest BCUT2D eigenvalue weighted by atomic mass is 10.1. The van der Waals surface area contributed by atoms with Crippen LogP contribution in [0.15, 0.2) is 72.8 Å². The van der Waals surface area contributed by atoms with Gasteiger partial charge in [-0.25, -0.2) is 0 Å². The number of rotatable bonds is 8. The van der Waals surface area contributed by atoms with Crippen molar-refractivity contribution in [3.8, 4) is 16.7 Å². The molecular weight excluding hydrogens is 508 g/mol. The van der Waals surface area contributed by atoms with Gasteiger partial charge in [0, 0.05) is 54.8 Å². The number of halogens is 1. The summed E-state index contributed by atoms with van der Waals surface area (Å²) >= 11 is 7.34. The summed E-state index contributed by atoms with van der Waals surface area (Å²) < 4.78 is 15.6. The van der Waals surface area contributed by atoms with E-state index >= 15 is 0 Å². The van der Waals surface area contributed by atoms with Crippen molar-refractivity contribution in [1.82, 2.24) is 14.3 Å². The van der Waals surface area contributed by atoms with Crippen molar-refractivity contribution in [2.24, 2.45) is 0 Å². The first-order valence-electron chi connectivity index (χ1n) is 12.1. The van der Waals surface area contributed by atoms with Crippen LogP contribution in [-0.4, -0.2) is 53.5 Å². The Morgan fingerprint density at radius 2 is 1.73 bits per heavy atom. The molecule has 0 saturated carbocycles. The van der Waals surface area contributed by atoms with Gasteiger partial charge in [0.15, 0.2) is 5.82 Å². The van der Waals surface area contributed by atoms with E-state index in [9.17, 15) is 4.79 Å². The van der Waals surface area contributed by atoms with Gasteiger partial charge in [-0.05, 0) is 53.6 Å². The lowest BCUT2D eigenvalue weighted by Crippen LogP contribution is -2.49. The van der Waals surface area contributed by atoms with E-state index in [1.807, 2.05) is 71.6 Å². The third-order valence-corrected chi connectivity index (χ3v) is 7.10. The lowest BCUT2D eigenvalue weighted by Gasteiger charge is -2.36. The third-order valence-electron chi connectivity index (χ3n) is 6.24. The first-order chi connectivity index (χ1) is 18.1. The van der Waals surface area contributed by atoms with Gasteiger partial charge in [0.25, 0.3) is 5.19 Å². The standard InChI is InChI=1S/C28H27ClN4O3S/c1-35-25-7-2-4-21(16-25)17-26-30-28(37-31-26)36-24-10-8-20(9-11-24)18-27(34)33-14-12-32(13-15-33)23-6-3-5-22(29)19-23/h2-11,16,19H,12-15,17-18H2,1H3. The Hall–Kier alpha value is -3.62. The predicted octanol–water partition coefficient (Wildman–Crippen LogP) is 5.47. The summed E-state index contributed by atoms with van der Waals surface area (Å²) in [6.45, 7) is 2.98. The normalized spacial score (nSPS) is 13.5. The average Bonchev–Trinajstić information content (AvgIpc) is 3.36. The highest BCUT2D eigenvalue weighted by Gasteiger charge is 2.21. The molecule has 0 unspecified atom stereocenters. The first kappa shape index (κ1) is 25.0. The molecule has 0 spiro atoms. The van der Waals surface area contributed by atoms with Crippen LogP contribution < -0.4 is 14.4 Å². The summed E-state index contributed by atoms with van der Waals surface area (Å²) in [5.41, 5.74) is 3.12. The highest BCUT2D eigenvalue weighted by Crippen LogP contribution is 2.25. The van der Waals surface area contributed by atoms with E-state index in [0.29, 0.717) is 42.7 Å². The van der Waals surface area contributed by atoms with Gasteiger partial charge in [-0.2, -0.15) is 9.36 Å². The molecule has 1 aliphatic rings. The highest BCUT2D eigenvalue weighted by molar-refractivity contribution is 7.07. The minimum Gasteiger partial charge on any atom is -0.497 e. The summed E-state index contributed by atoms with van der Waals surface area (Å²) in [4.78, 5) is 21.5. The molecule has 0 atom stereocenters. The van der Waals surface area contributed by atoms with Crippen LogP contribution in [0.3, 0.4) is 0 Å². The Morgan fingerprint density at radius 1 is 0.946 bits per heavy atom. The Labute approximate surface area is 225 Å². The number of methoxy groups -OCH3 is 1. The number of benzene rings is 3. The molecule has 5 rings (SSSR count). The van der Waals surface area contributed by atoms with Crippen molar-refractivity contribution in [3.63, 3.8) is 0 Å². The van der Waals surface area contributed by atoms with Crippen molar-refractivity contribution < 1.29 is 14.3 Å². The van der Waals surface area contributed by atoms with E-state index in [1.165, 1.54) is 11.5 Å². The predicted molar refractivity (Wildman–Crippen MR) is 146 cm³/mol. The van der Waals surface area contributed by atoms with Crippen molar-refractivity contribution in [2.45, 2.75) is 12.8 Å². The number of ether oxygens (including phenoxy) is 2. The smallest absolute Gasteiger partial charge is 0.298 e. The van der Waals surface area contributed by atoms with Crippen LogP contribution in [-0.2, 0) is 17.6 Å². The quantitative estimate of drug-likeness (QED) is 0.298. The van der Waals surface area contributed by atoms with Crippen LogP contribution in [0.2, 0.25) is 5.02 Å². The number of piperazine rings is 1. The Kier molecular flexibility index (Phi) is 7.87. The van der Waals surface area contributed by atoms with Crippen LogP contribution in [0.25, 0.3) is 0 Å². The van der Waals surface area contributed by atoms with Gasteiger partial charge in [-0.1, -0.05) is 41.9 Å². The van der Waals surface area contributed by atoms with Gasteiger partial charge in [0.05, 0.1) is 13.5 Å². The van der Waals surface area contributed by atoms with Crippen molar-refractivity contribution in [3.05, 3.63) is 94.8 Å². The second-order valence-corrected chi connectivity index (χ2v) is 9.93. The maximum absolute atomic E-state index is 12.9. The van der Waals surface area contributed by atoms with E-state index in [2.05, 4.69) is 20.3 Å². The van der Waals surface area contributed by atoms with Crippen LogP contribution in [0.5, 0.6) is 16.7 Å². The Morgan fingerprint density at radius 3 is 2.49 bits per heavy atom. The number of anilines is 1. The average molecular weight is 535 g/mol. The number of hydrogen-bond donors (Lipinski definition) is 0. The zero-order chi connectivity index (χ0) is 25.6. The molecule has 1 saturated heterocycles. The SMILES string of the molecule is COc1cccc(Cc2nsc(Oc3ccc(CC(=O)N4CCN(c5cccc(Cl)c5)CC4)cc3)n2)c1. The molecule has 1 aliphatic heterocycles. The molecule has 9 heteroatoms. The molecule has 1 aromatic heterocycles. The summed E-state index contributed by atoms with van der Waals surface area (Å²) in [5.74, 6) is 2.30. The zero-order valence-electron chi connectivity index (χ0n) is 20.5. The Bertz CT molecular complexity index is 1350. The first-order valence-corrected chi connectivity index (χ1v) is 13.2. The number of nitrogens with zero attached hydrogens (tertiary/aromatic N) is 4. The van der Waals surface area contributed by atoms with E-state index < -0.39 is 0 Å². The lowest BCUT2D eigenvalue weighted by molar-refractivity contribution is -0.130. The fourth-order valence-corrected chi connectivity index (χ4v) is 5.02. The summed E-state index contributed by atoms with van der Waals surface area (Å²) in [6, 6.07) is 23.3. The van der Waals surface area contributed by atoms with E-state index in [4.69, 9.17) is 21.1 Å². The van der Waals surface area contributed by atoms with Crippen molar-refractivity contribution >= 4 is 34.7 Å². The number of aromatic nitrogens is 2. The van der Waals surface area contributed by atoms with Gasteiger partial charge >= 0.3 is 0 Å². The van der Waals surface area contributed by atoms with E-state index in [1.54, 1.807) is 7.11 Å². The van der Waals surface area contributed by atoms with Gasteiger partial charge in [0.1, 0.15) is 11.5 Å². The molecule has 0 aliphatic carbocycles. The molecule has 1 fully saturated rings. The molecule has 3 aromatic carbocycles. The van der Waals surface area contributed by atoms with Crippen molar-refractivity contribution in [1.29, 1.82) is 0 Å². The number of hydrogen-bond acceptors (Lipinski definition) is 7. The molecule has 4 aromatic rings. The van der Waals surface area contributed by atoms with Gasteiger partial charge in [-0.15, -0.1) is 0 Å². The molecule has 0 N–H and O–H groups in total. The maximum atomic E-state index is 12.9. The maximum Gasteiger partial charge on any atom is 0.298 e. The molecule has 0 bridgehead atoms. The van der Waals surface area contributed by atoms with Crippen LogP contribution in [0.1, 0.15) is 17.0 Å². The number of carbonyl (C=O) groups is 1. The second kappa shape index (κ2) is 11.6. The molecule has 7 nitrogen and oxygen atoms in total. The molecular formula is C28H27ClN4O3S. The zero-order valence-corrected chi connectivity index (χ0v) is 22.0. The molecule has 2 heterocycles. The number of carbonyl (C=O) groups excluding carboxylic acids is 1. The van der Waals surface area contributed by atoms with Gasteiger partial charge < -0.3 is 19.3 Å². The van der Waals surface area contributed by atoms with Crippen LogP contribution in [0.4, 0.5) is 5.69 Å². The van der Waals surface area contributed by atoms with E-state index in [0.717, 1.165) is 40.7 Å². The highest BCUT2D eigenvalue weighted by atomic mass is 35.5. The largest absolute Gasteiger partial charge is 0.497 e. The molecule has 1 amide bonds. The van der Waals surface area contributed by atoms with Gasteiger partial charge in [0.2, 0.25) is 5.91 Å². The topological polar surface area (TPSA) is 67.8 Å². The fourth-order valence-electron chi connectivity index (χ4n) is 4.27. The summed E-state index contributed by atoms with van der Waals surface area (Å²) in [7, 11) is 1.65. The molecule has 190 valence electrons. The second-order valence-electron chi connectivity index (χ2n) is 8.78. The molecule has 0 radical (unpaired) electrons. The van der Waals surface area contributed by atoms with Crippen LogP contribution >= 0.6 is 23.1 Å².